The summed E-state index contributed by atoms with van der Waals surface area (Å²) in [6, 6.07) is 0. The van der Waals surface area contributed by atoms with Gasteiger partial charge in [0, 0.05) is 25.7 Å². The van der Waals surface area contributed by atoms with Crippen LogP contribution in [-0.2, 0) is 65.4 Å². The molecular formula is C72H140O17P2. The summed E-state index contributed by atoms with van der Waals surface area (Å²) in [6.45, 7) is 14.1. The molecule has 6 atom stereocenters. The minimum Gasteiger partial charge on any atom is -0.462 e. The van der Waals surface area contributed by atoms with Gasteiger partial charge >= 0.3 is 39.5 Å². The third-order valence-electron chi connectivity index (χ3n) is 16.9. The highest BCUT2D eigenvalue weighted by molar-refractivity contribution is 7.47. The molecule has 0 aliphatic rings. The predicted octanol–water partition coefficient (Wildman–Crippen LogP) is 20.5. The molecule has 0 bridgehead atoms. The smallest absolute Gasteiger partial charge is 0.462 e. The van der Waals surface area contributed by atoms with Crippen molar-refractivity contribution in [1.29, 1.82) is 0 Å². The van der Waals surface area contributed by atoms with Gasteiger partial charge in [-0.25, -0.2) is 9.13 Å². The first kappa shape index (κ1) is 89.1. The fraction of sp³-hybridized carbons (Fsp3) is 0.944. The summed E-state index contributed by atoms with van der Waals surface area (Å²) in [5.41, 5.74) is 0. The van der Waals surface area contributed by atoms with Gasteiger partial charge in [0.15, 0.2) is 12.2 Å². The molecule has 0 radical (unpaired) electrons. The first-order valence-electron chi connectivity index (χ1n) is 37.2. The van der Waals surface area contributed by atoms with Crippen LogP contribution >= 0.6 is 15.6 Å². The summed E-state index contributed by atoms with van der Waals surface area (Å²) >= 11 is 0. The zero-order valence-corrected chi connectivity index (χ0v) is 61.3. The number of carbonyl (C=O) groups excluding carboxylic acids is 4. The van der Waals surface area contributed by atoms with Crippen molar-refractivity contribution in [1.82, 2.24) is 0 Å². The third kappa shape index (κ3) is 65.1. The molecule has 0 aliphatic heterocycles. The van der Waals surface area contributed by atoms with E-state index in [0.29, 0.717) is 31.6 Å². The van der Waals surface area contributed by atoms with Crippen LogP contribution in [0.5, 0.6) is 0 Å². The van der Waals surface area contributed by atoms with Crippen LogP contribution in [-0.4, -0.2) is 96.7 Å². The Kier molecular flexibility index (Phi) is 60.3. The molecule has 17 nitrogen and oxygen atoms in total. The van der Waals surface area contributed by atoms with Gasteiger partial charge in [0.2, 0.25) is 0 Å². The van der Waals surface area contributed by atoms with Gasteiger partial charge in [-0.3, -0.25) is 37.3 Å². The first-order chi connectivity index (χ1) is 43.6. The lowest BCUT2D eigenvalue weighted by molar-refractivity contribution is -0.161. The van der Waals surface area contributed by atoms with Crippen LogP contribution in [0.15, 0.2) is 0 Å². The molecule has 3 N–H and O–H groups in total. The number of phosphoric ester groups is 2. The van der Waals surface area contributed by atoms with Crippen LogP contribution in [0.2, 0.25) is 0 Å². The number of unbranched alkanes of at least 4 members (excludes halogenated alkanes) is 34. The van der Waals surface area contributed by atoms with Gasteiger partial charge in [0.05, 0.1) is 26.4 Å². The summed E-state index contributed by atoms with van der Waals surface area (Å²) in [5, 5.41) is 10.6. The Morgan fingerprint density at radius 1 is 0.308 bits per heavy atom. The van der Waals surface area contributed by atoms with E-state index in [4.69, 9.17) is 37.0 Å². The van der Waals surface area contributed by atoms with E-state index < -0.39 is 97.5 Å². The summed E-state index contributed by atoms with van der Waals surface area (Å²) in [4.78, 5) is 72.6. The molecule has 0 heterocycles. The molecule has 19 heteroatoms. The van der Waals surface area contributed by atoms with Gasteiger partial charge in [-0.05, 0) is 49.4 Å². The van der Waals surface area contributed by atoms with E-state index in [0.717, 1.165) is 114 Å². The summed E-state index contributed by atoms with van der Waals surface area (Å²) in [5.74, 6) is 0.881. The minimum atomic E-state index is -4.95. The van der Waals surface area contributed by atoms with Gasteiger partial charge in [0.25, 0.3) is 0 Å². The molecular weight excluding hydrogens is 1200 g/mol. The number of aliphatic hydroxyl groups is 1. The van der Waals surface area contributed by atoms with Gasteiger partial charge in [-0.15, -0.1) is 0 Å². The molecule has 0 spiro atoms. The molecule has 91 heavy (non-hydrogen) atoms. The Hall–Kier alpha value is -1.94. The largest absolute Gasteiger partial charge is 0.472 e. The maximum atomic E-state index is 13.0. The standard InChI is InChI=1S/C72H140O17P2/c1-9-65(8)51-43-35-26-22-23-27-36-44-52-69(74)82-58-67(88-72(77)55-47-39-29-21-17-13-15-19-25-33-41-49-63(4)5)60-86-90(78,79)84-56-66(73)57-85-91(80,81)87-61-68(59-83-70(75)53-45-37-31-30-34-42-50-64(6)7)89-71(76)54-46-38-28-20-16-12-10-11-14-18-24-32-40-48-62(2)3/h62-68,73H,9-61H2,1-8H3,(H,78,79)(H,80,81)/t65?,66-,67-,68-/m1/s1. The molecule has 0 aromatic rings. The number of hydrogen-bond acceptors (Lipinski definition) is 15. The van der Waals surface area contributed by atoms with Gasteiger partial charge in [-0.1, -0.05) is 306 Å². The van der Waals surface area contributed by atoms with Crippen LogP contribution in [0.3, 0.4) is 0 Å². The average molecular weight is 1340 g/mol. The topological polar surface area (TPSA) is 237 Å². The van der Waals surface area contributed by atoms with Crippen molar-refractivity contribution in [2.45, 2.75) is 375 Å². The second kappa shape index (κ2) is 61.6. The van der Waals surface area contributed by atoms with Crippen LogP contribution in [0.25, 0.3) is 0 Å². The molecule has 0 aromatic carbocycles. The van der Waals surface area contributed by atoms with E-state index in [1.807, 2.05) is 0 Å². The van der Waals surface area contributed by atoms with Crippen molar-refractivity contribution in [3.8, 4) is 0 Å². The maximum absolute atomic E-state index is 13.0. The number of hydrogen-bond donors (Lipinski definition) is 3. The van der Waals surface area contributed by atoms with E-state index in [9.17, 15) is 43.2 Å². The summed E-state index contributed by atoms with van der Waals surface area (Å²) < 4.78 is 68.3. The van der Waals surface area contributed by atoms with Crippen molar-refractivity contribution >= 4 is 39.5 Å². The SMILES string of the molecule is CCC(C)CCCCCCCCCCC(=O)OC[C@H](COP(=O)(O)OC[C@@H](O)COP(=O)(O)OC[C@@H](COC(=O)CCCCCCCCC(C)C)OC(=O)CCCCCCCCCCCCCCCC(C)C)OC(=O)CCCCCCCCCCCCCC(C)C. The van der Waals surface area contributed by atoms with Crippen molar-refractivity contribution in [2.24, 2.45) is 23.7 Å². The van der Waals surface area contributed by atoms with Crippen molar-refractivity contribution < 1.29 is 80.2 Å². The van der Waals surface area contributed by atoms with E-state index in [1.54, 1.807) is 0 Å². The Labute approximate surface area is 556 Å². The van der Waals surface area contributed by atoms with Crippen LogP contribution in [0.4, 0.5) is 0 Å². The third-order valence-corrected chi connectivity index (χ3v) is 18.8. The van der Waals surface area contributed by atoms with Crippen LogP contribution < -0.4 is 0 Å². The van der Waals surface area contributed by atoms with Crippen LogP contribution in [0, 0.1) is 23.7 Å². The Morgan fingerprint density at radius 2 is 0.527 bits per heavy atom. The maximum Gasteiger partial charge on any atom is 0.472 e. The number of aliphatic hydroxyl groups excluding tert-OH is 1. The lowest BCUT2D eigenvalue weighted by Gasteiger charge is -2.21. The number of ether oxygens (including phenoxy) is 4. The van der Waals surface area contributed by atoms with Crippen molar-refractivity contribution in [3.63, 3.8) is 0 Å². The Morgan fingerprint density at radius 3 is 0.780 bits per heavy atom. The van der Waals surface area contributed by atoms with Crippen molar-refractivity contribution in [3.05, 3.63) is 0 Å². The highest BCUT2D eigenvalue weighted by Gasteiger charge is 2.30. The fourth-order valence-corrected chi connectivity index (χ4v) is 12.4. The predicted molar refractivity (Wildman–Crippen MR) is 367 cm³/mol. The Balaban J connectivity index is 5.24. The van der Waals surface area contributed by atoms with E-state index >= 15 is 0 Å². The number of carbonyl (C=O) groups is 4. The molecule has 0 amide bonds. The zero-order valence-electron chi connectivity index (χ0n) is 59.5. The summed E-state index contributed by atoms with van der Waals surface area (Å²) in [6.07, 6.45) is 44.5. The molecule has 0 rings (SSSR count). The van der Waals surface area contributed by atoms with Crippen molar-refractivity contribution in [2.75, 3.05) is 39.6 Å². The molecule has 0 saturated heterocycles. The molecule has 540 valence electrons. The lowest BCUT2D eigenvalue weighted by atomic mass is 9.99. The molecule has 0 saturated carbocycles. The second-order valence-electron chi connectivity index (χ2n) is 27.6. The second-order valence-corrected chi connectivity index (χ2v) is 30.6. The first-order valence-corrected chi connectivity index (χ1v) is 40.2. The molecule has 0 fully saturated rings. The highest BCUT2D eigenvalue weighted by Crippen LogP contribution is 2.45. The lowest BCUT2D eigenvalue weighted by Crippen LogP contribution is -2.30. The van der Waals surface area contributed by atoms with E-state index in [-0.39, 0.29) is 25.7 Å². The zero-order chi connectivity index (χ0) is 67.5. The monoisotopic (exact) mass is 1340 g/mol. The molecule has 0 aromatic heterocycles. The molecule has 3 unspecified atom stereocenters. The fourth-order valence-electron chi connectivity index (χ4n) is 10.8. The minimum absolute atomic E-state index is 0.105. The van der Waals surface area contributed by atoms with Crippen LogP contribution in [0.1, 0.15) is 357 Å². The highest BCUT2D eigenvalue weighted by atomic mass is 31.2. The van der Waals surface area contributed by atoms with E-state index in [2.05, 4.69) is 55.4 Å². The summed E-state index contributed by atoms with van der Waals surface area (Å²) in [7, 11) is -9.91. The number of phosphoric acid groups is 2. The van der Waals surface area contributed by atoms with Gasteiger partial charge in [0.1, 0.15) is 19.3 Å². The quantitative estimate of drug-likeness (QED) is 0.0222. The molecule has 0 aliphatic carbocycles. The normalized spacial score (nSPS) is 14.5. The van der Waals surface area contributed by atoms with Gasteiger partial charge < -0.3 is 33.8 Å². The van der Waals surface area contributed by atoms with Gasteiger partial charge in [-0.2, -0.15) is 0 Å². The Bertz CT molecular complexity index is 1800. The number of esters is 4. The average Bonchev–Trinajstić information content (AvgIpc) is 3.72. The number of rotatable bonds is 69. The van der Waals surface area contributed by atoms with E-state index in [1.165, 1.54) is 154 Å².